The van der Waals surface area contributed by atoms with Crippen molar-refractivity contribution in [3.8, 4) is 0 Å². The molecule has 1 saturated heterocycles. The van der Waals surface area contributed by atoms with Crippen LogP contribution in [0.5, 0.6) is 0 Å². The molecule has 5 nitrogen and oxygen atoms in total. The van der Waals surface area contributed by atoms with Crippen molar-refractivity contribution in [1.29, 1.82) is 0 Å². The molecule has 1 aliphatic heterocycles. The van der Waals surface area contributed by atoms with Crippen LogP contribution >= 0.6 is 11.3 Å². The Labute approximate surface area is 129 Å². The second-order valence-corrected chi connectivity index (χ2v) is 6.03. The Hall–Kier alpha value is -1.40. The summed E-state index contributed by atoms with van der Waals surface area (Å²) < 4.78 is 5.23. The van der Waals surface area contributed by atoms with Gasteiger partial charge in [-0.15, -0.1) is 11.3 Å². The Morgan fingerprint density at radius 2 is 2.43 bits per heavy atom. The number of rotatable bonds is 8. The van der Waals surface area contributed by atoms with Crippen LogP contribution in [0.15, 0.2) is 17.5 Å². The Balaban J connectivity index is 1.82. The summed E-state index contributed by atoms with van der Waals surface area (Å²) in [5, 5.41) is 4.89. The molecular weight excluding hydrogens is 288 g/mol. The first-order chi connectivity index (χ1) is 10.2. The molecule has 2 rings (SSSR count). The standard InChI is InChI=1S/C15H22N2O3S/c1-2-20-9-4-8-16-15(19)13-6-7-14(18)17(13)11-12-5-3-10-21-12/h3,5,10,13H,2,4,6-9,11H2,1H3,(H,16,19). The highest BCUT2D eigenvalue weighted by atomic mass is 32.1. The van der Waals surface area contributed by atoms with E-state index >= 15 is 0 Å². The highest BCUT2D eigenvalue weighted by Gasteiger charge is 2.35. The van der Waals surface area contributed by atoms with Crippen molar-refractivity contribution in [3.63, 3.8) is 0 Å². The molecule has 1 N–H and O–H groups in total. The molecule has 0 aromatic carbocycles. The number of amides is 2. The molecule has 116 valence electrons. The van der Waals surface area contributed by atoms with Crippen LogP contribution in [0.2, 0.25) is 0 Å². The van der Waals surface area contributed by atoms with Gasteiger partial charge in [0.1, 0.15) is 6.04 Å². The van der Waals surface area contributed by atoms with Gasteiger partial charge in [-0.05, 0) is 31.2 Å². The van der Waals surface area contributed by atoms with E-state index in [1.807, 2.05) is 24.4 Å². The summed E-state index contributed by atoms with van der Waals surface area (Å²) in [5.41, 5.74) is 0. The third-order valence-corrected chi connectivity index (χ3v) is 4.37. The first-order valence-corrected chi connectivity index (χ1v) is 8.27. The molecule has 2 amide bonds. The van der Waals surface area contributed by atoms with Crippen LogP contribution in [-0.4, -0.2) is 42.5 Å². The minimum Gasteiger partial charge on any atom is -0.382 e. The first kappa shape index (κ1) is 16.0. The van der Waals surface area contributed by atoms with Gasteiger partial charge in [-0.25, -0.2) is 0 Å². The molecule has 2 heterocycles. The molecule has 1 aliphatic rings. The topological polar surface area (TPSA) is 58.6 Å². The van der Waals surface area contributed by atoms with Crippen LogP contribution in [0.1, 0.15) is 31.1 Å². The molecule has 1 unspecified atom stereocenters. The van der Waals surface area contributed by atoms with Gasteiger partial charge in [0.15, 0.2) is 0 Å². The quantitative estimate of drug-likeness (QED) is 0.745. The van der Waals surface area contributed by atoms with Crippen LogP contribution in [0.3, 0.4) is 0 Å². The van der Waals surface area contributed by atoms with Gasteiger partial charge in [0.2, 0.25) is 11.8 Å². The Morgan fingerprint density at radius 1 is 1.57 bits per heavy atom. The van der Waals surface area contributed by atoms with Crippen LogP contribution < -0.4 is 5.32 Å². The van der Waals surface area contributed by atoms with E-state index in [1.54, 1.807) is 16.2 Å². The second kappa shape index (κ2) is 8.14. The lowest BCUT2D eigenvalue weighted by Crippen LogP contribution is -2.44. The molecule has 1 atom stereocenters. The van der Waals surface area contributed by atoms with E-state index in [4.69, 9.17) is 4.74 Å². The highest BCUT2D eigenvalue weighted by molar-refractivity contribution is 7.09. The predicted octanol–water partition coefficient (Wildman–Crippen LogP) is 1.78. The number of nitrogens with zero attached hydrogens (tertiary/aromatic N) is 1. The minimum absolute atomic E-state index is 0.0473. The van der Waals surface area contributed by atoms with Crippen LogP contribution in [0, 0.1) is 0 Å². The summed E-state index contributed by atoms with van der Waals surface area (Å²) in [7, 11) is 0. The zero-order chi connectivity index (χ0) is 15.1. The number of carbonyl (C=O) groups excluding carboxylic acids is 2. The molecule has 0 aliphatic carbocycles. The van der Waals surface area contributed by atoms with Crippen molar-refractivity contribution in [2.24, 2.45) is 0 Å². The first-order valence-electron chi connectivity index (χ1n) is 7.39. The van der Waals surface area contributed by atoms with Crippen LogP contribution in [-0.2, 0) is 20.9 Å². The molecule has 1 aromatic rings. The number of hydrogen-bond acceptors (Lipinski definition) is 4. The van der Waals surface area contributed by atoms with E-state index in [1.165, 1.54) is 0 Å². The molecular formula is C15H22N2O3S. The molecule has 21 heavy (non-hydrogen) atoms. The minimum atomic E-state index is -0.327. The molecule has 0 radical (unpaired) electrons. The van der Waals surface area contributed by atoms with Crippen molar-refractivity contribution in [1.82, 2.24) is 10.2 Å². The van der Waals surface area contributed by atoms with Crippen molar-refractivity contribution in [3.05, 3.63) is 22.4 Å². The van der Waals surface area contributed by atoms with E-state index in [0.29, 0.717) is 39.1 Å². The Morgan fingerprint density at radius 3 is 3.14 bits per heavy atom. The summed E-state index contributed by atoms with van der Waals surface area (Å²) >= 11 is 1.61. The van der Waals surface area contributed by atoms with Gasteiger partial charge in [-0.2, -0.15) is 0 Å². The van der Waals surface area contributed by atoms with Gasteiger partial charge in [0, 0.05) is 31.1 Å². The number of carbonyl (C=O) groups is 2. The fourth-order valence-corrected chi connectivity index (χ4v) is 3.13. The average molecular weight is 310 g/mol. The fraction of sp³-hybridized carbons (Fsp3) is 0.600. The van der Waals surface area contributed by atoms with E-state index < -0.39 is 0 Å². The SMILES string of the molecule is CCOCCCNC(=O)C1CCC(=O)N1Cc1cccs1. The number of thiophene rings is 1. The van der Waals surface area contributed by atoms with Gasteiger partial charge < -0.3 is 15.0 Å². The van der Waals surface area contributed by atoms with E-state index in [-0.39, 0.29) is 17.9 Å². The number of likely N-dealkylation sites (tertiary alicyclic amines) is 1. The van der Waals surface area contributed by atoms with E-state index in [2.05, 4.69) is 5.32 Å². The Kier molecular flexibility index (Phi) is 6.20. The van der Waals surface area contributed by atoms with Gasteiger partial charge in [-0.3, -0.25) is 9.59 Å². The van der Waals surface area contributed by atoms with Gasteiger partial charge in [-0.1, -0.05) is 6.07 Å². The lowest BCUT2D eigenvalue weighted by Gasteiger charge is -2.23. The fourth-order valence-electron chi connectivity index (χ4n) is 2.42. The van der Waals surface area contributed by atoms with Crippen molar-refractivity contribution >= 4 is 23.2 Å². The van der Waals surface area contributed by atoms with Crippen LogP contribution in [0.4, 0.5) is 0 Å². The summed E-state index contributed by atoms with van der Waals surface area (Å²) in [5.74, 6) is 0.0202. The maximum Gasteiger partial charge on any atom is 0.242 e. The summed E-state index contributed by atoms with van der Waals surface area (Å²) in [6, 6.07) is 3.63. The molecule has 0 spiro atoms. The zero-order valence-corrected chi connectivity index (χ0v) is 13.2. The molecule has 1 aromatic heterocycles. The lowest BCUT2D eigenvalue weighted by molar-refractivity contribution is -0.135. The van der Waals surface area contributed by atoms with Crippen molar-refractivity contribution in [2.45, 2.75) is 38.8 Å². The third-order valence-electron chi connectivity index (χ3n) is 3.51. The summed E-state index contributed by atoms with van der Waals surface area (Å²) in [6.45, 7) is 4.42. The molecule has 6 heteroatoms. The molecule has 0 bridgehead atoms. The smallest absolute Gasteiger partial charge is 0.242 e. The average Bonchev–Trinajstić information content (AvgIpc) is 3.10. The van der Waals surface area contributed by atoms with Crippen molar-refractivity contribution < 1.29 is 14.3 Å². The molecule has 0 saturated carbocycles. The van der Waals surface area contributed by atoms with E-state index in [0.717, 1.165) is 11.3 Å². The zero-order valence-electron chi connectivity index (χ0n) is 12.3. The van der Waals surface area contributed by atoms with Gasteiger partial charge >= 0.3 is 0 Å². The normalized spacial score (nSPS) is 18.2. The maximum absolute atomic E-state index is 12.2. The van der Waals surface area contributed by atoms with Gasteiger partial charge in [0.25, 0.3) is 0 Å². The van der Waals surface area contributed by atoms with Crippen molar-refractivity contribution in [2.75, 3.05) is 19.8 Å². The van der Waals surface area contributed by atoms with Gasteiger partial charge in [0.05, 0.1) is 6.54 Å². The maximum atomic E-state index is 12.2. The van der Waals surface area contributed by atoms with Crippen LogP contribution in [0.25, 0.3) is 0 Å². The third kappa shape index (κ3) is 4.54. The monoisotopic (exact) mass is 310 g/mol. The highest BCUT2D eigenvalue weighted by Crippen LogP contribution is 2.23. The number of ether oxygens (including phenoxy) is 1. The Bertz CT molecular complexity index is 461. The second-order valence-electron chi connectivity index (χ2n) is 5.00. The van der Waals surface area contributed by atoms with E-state index in [9.17, 15) is 9.59 Å². The number of hydrogen-bond donors (Lipinski definition) is 1. The number of nitrogens with one attached hydrogen (secondary N) is 1. The predicted molar refractivity (Wildman–Crippen MR) is 82.0 cm³/mol. The lowest BCUT2D eigenvalue weighted by atomic mass is 10.2. The molecule has 1 fully saturated rings. The summed E-state index contributed by atoms with van der Waals surface area (Å²) in [4.78, 5) is 27.0. The largest absolute Gasteiger partial charge is 0.382 e. The summed E-state index contributed by atoms with van der Waals surface area (Å²) in [6.07, 6.45) is 1.87.